The van der Waals surface area contributed by atoms with Crippen molar-refractivity contribution in [2.75, 3.05) is 19.2 Å². The Hall–Kier alpha value is -4.57. The summed E-state index contributed by atoms with van der Waals surface area (Å²) in [4.78, 5) is 11.3. The van der Waals surface area contributed by atoms with Gasteiger partial charge in [-0.1, -0.05) is 0 Å². The summed E-state index contributed by atoms with van der Waals surface area (Å²) in [6, 6.07) is 15.6. The summed E-state index contributed by atoms with van der Waals surface area (Å²) in [5.41, 5.74) is 2.72. The van der Waals surface area contributed by atoms with Crippen LogP contribution in [0.3, 0.4) is 0 Å². The number of nitrogens with one attached hydrogen (secondary N) is 1. The van der Waals surface area contributed by atoms with Gasteiger partial charge in [0.2, 0.25) is 18.2 Å². The van der Waals surface area contributed by atoms with Gasteiger partial charge in [0.05, 0.1) is 23.3 Å². The zero-order chi connectivity index (χ0) is 26.9. The molecule has 0 fully saturated rings. The third kappa shape index (κ3) is 3.63. The first-order valence-electron chi connectivity index (χ1n) is 12.4. The molecule has 5 aromatic rings. The normalized spacial score (nSPS) is 13.8. The van der Waals surface area contributed by atoms with Gasteiger partial charge in [-0.15, -0.1) is 0 Å². The van der Waals surface area contributed by atoms with Crippen molar-refractivity contribution in [2.24, 2.45) is 0 Å². The highest BCUT2D eigenvalue weighted by molar-refractivity contribution is 7.87. The number of carbonyl (C=O) groups is 1. The number of nitrogens with zero attached hydrogens (tertiary/aromatic N) is 1. The van der Waals surface area contributed by atoms with E-state index in [1.807, 2.05) is 24.4 Å². The minimum atomic E-state index is -4.22. The fraction of sp³-hybridized carbons (Fsp3) is 0.172. The molecular weight excluding hydrogens is 520 g/mol. The summed E-state index contributed by atoms with van der Waals surface area (Å²) in [7, 11) is -2.74. The van der Waals surface area contributed by atoms with Gasteiger partial charge < -0.3 is 23.7 Å². The van der Waals surface area contributed by atoms with Crippen LogP contribution in [0.1, 0.15) is 12.5 Å². The summed E-state index contributed by atoms with van der Waals surface area (Å²) in [5, 5.41) is 7.14. The van der Waals surface area contributed by atoms with E-state index >= 15 is 0 Å². The maximum Gasteiger partial charge on any atom is 0.339 e. The molecule has 2 aliphatic heterocycles. The predicted molar refractivity (Wildman–Crippen MR) is 144 cm³/mol. The summed E-state index contributed by atoms with van der Waals surface area (Å²) < 4.78 is 51.6. The molecule has 1 aromatic heterocycles. The van der Waals surface area contributed by atoms with Crippen molar-refractivity contribution in [3.63, 3.8) is 0 Å². The largest absolute Gasteiger partial charge is 0.493 e. The molecule has 2 aliphatic rings. The van der Waals surface area contributed by atoms with Crippen LogP contribution in [0.4, 0.5) is 5.69 Å². The predicted octanol–water partition coefficient (Wildman–Crippen LogP) is 4.45. The first kappa shape index (κ1) is 23.5. The minimum absolute atomic E-state index is 0.0443. The van der Waals surface area contributed by atoms with Crippen molar-refractivity contribution in [3.8, 4) is 23.0 Å². The number of aromatic nitrogens is 1. The summed E-state index contributed by atoms with van der Waals surface area (Å²) >= 11 is 0. The van der Waals surface area contributed by atoms with Gasteiger partial charge in [-0.05, 0) is 60.2 Å². The van der Waals surface area contributed by atoms with E-state index in [9.17, 15) is 13.2 Å². The molecule has 0 aliphatic carbocycles. The van der Waals surface area contributed by atoms with Crippen LogP contribution in [0.15, 0.2) is 65.7 Å². The zero-order valence-electron chi connectivity index (χ0n) is 21.1. The maximum atomic E-state index is 13.4. The van der Waals surface area contributed by atoms with Gasteiger partial charge in [-0.25, -0.2) is 0 Å². The van der Waals surface area contributed by atoms with Crippen LogP contribution in [0.5, 0.6) is 23.0 Å². The van der Waals surface area contributed by atoms with Crippen molar-refractivity contribution in [2.45, 2.75) is 24.8 Å². The van der Waals surface area contributed by atoms with Crippen molar-refractivity contribution >= 4 is 54.2 Å². The van der Waals surface area contributed by atoms with Crippen molar-refractivity contribution < 1.29 is 36.2 Å². The van der Waals surface area contributed by atoms with E-state index in [1.54, 1.807) is 6.07 Å². The lowest BCUT2D eigenvalue weighted by atomic mass is 9.93. The molecule has 7 rings (SSSR count). The molecule has 0 saturated heterocycles. The highest BCUT2D eigenvalue weighted by Gasteiger charge is 2.31. The molecule has 0 unspecified atom stereocenters. The van der Waals surface area contributed by atoms with Crippen LogP contribution in [-0.4, -0.2) is 28.2 Å². The van der Waals surface area contributed by atoms with E-state index in [1.165, 1.54) is 43.9 Å². The molecule has 0 atom stereocenters. The summed E-state index contributed by atoms with van der Waals surface area (Å²) in [6.07, 6.45) is 2.71. The average Bonchev–Trinajstić information content (AvgIpc) is 3.40. The number of anilines is 1. The van der Waals surface area contributed by atoms with Crippen molar-refractivity contribution in [1.29, 1.82) is 0 Å². The fourth-order valence-electron chi connectivity index (χ4n) is 5.55. The van der Waals surface area contributed by atoms with E-state index in [0.29, 0.717) is 23.4 Å². The van der Waals surface area contributed by atoms with Gasteiger partial charge in [-0.2, -0.15) is 13.0 Å². The van der Waals surface area contributed by atoms with Crippen LogP contribution in [-0.2, 0) is 27.9 Å². The quantitative estimate of drug-likeness (QED) is 0.198. The number of methoxy groups -OCH3 is 1. The van der Waals surface area contributed by atoms with Gasteiger partial charge in [0.25, 0.3) is 0 Å². The van der Waals surface area contributed by atoms with Gasteiger partial charge in [0.15, 0.2) is 35.7 Å². The van der Waals surface area contributed by atoms with Gasteiger partial charge in [-0.3, -0.25) is 4.79 Å². The number of carbonyl (C=O) groups excluding carboxylic acids is 1. The Morgan fingerprint density at radius 3 is 2.51 bits per heavy atom. The molecular formula is C29H23N2O7S+. The molecule has 0 radical (unpaired) electrons. The Balaban J connectivity index is 1.41. The number of amides is 1. The third-order valence-corrected chi connectivity index (χ3v) is 8.45. The number of hydrogen-bond donors (Lipinski definition) is 1. The second-order valence-corrected chi connectivity index (χ2v) is 11.1. The van der Waals surface area contributed by atoms with E-state index in [4.69, 9.17) is 18.4 Å². The third-order valence-electron chi connectivity index (χ3n) is 7.21. The SMILES string of the molecule is COc1ccc2c(c[n+]3c4c2ccc2c5c(cc(c24)CC3)OCO5)c1OS(=O)(=O)c1ccc(NC(C)=O)cc1. The first-order chi connectivity index (χ1) is 18.8. The molecule has 9 nitrogen and oxygen atoms in total. The van der Waals surface area contributed by atoms with Gasteiger partial charge >= 0.3 is 10.1 Å². The lowest BCUT2D eigenvalue weighted by molar-refractivity contribution is -0.670. The summed E-state index contributed by atoms with van der Waals surface area (Å²) in [6.45, 7) is 2.29. The van der Waals surface area contributed by atoms with Crippen LogP contribution in [0.2, 0.25) is 0 Å². The van der Waals surface area contributed by atoms with E-state index in [2.05, 4.69) is 16.0 Å². The average molecular weight is 544 g/mol. The molecule has 3 heterocycles. The minimum Gasteiger partial charge on any atom is -0.493 e. The number of fused-ring (bicyclic) bond motifs is 4. The van der Waals surface area contributed by atoms with Gasteiger partial charge in [0, 0.05) is 29.8 Å². The molecule has 1 N–H and O–H groups in total. The number of rotatable bonds is 5. The maximum absolute atomic E-state index is 13.4. The lowest BCUT2D eigenvalue weighted by Gasteiger charge is -2.18. The monoisotopic (exact) mass is 543 g/mol. The molecule has 0 spiro atoms. The zero-order valence-corrected chi connectivity index (χ0v) is 21.9. The Morgan fingerprint density at radius 1 is 0.974 bits per heavy atom. The van der Waals surface area contributed by atoms with E-state index < -0.39 is 10.1 Å². The molecule has 1 amide bonds. The van der Waals surface area contributed by atoms with Crippen LogP contribution in [0.25, 0.3) is 32.4 Å². The second kappa shape index (κ2) is 8.47. The Bertz CT molecular complexity index is 1970. The highest BCUT2D eigenvalue weighted by Crippen LogP contribution is 2.46. The number of aryl methyl sites for hydroxylation is 2. The topological polar surface area (TPSA) is 104 Å². The standard InChI is InChI=1S/C29H22N2O7S/c1-16(32)30-18-3-5-19(6-4-18)39(33,34)38-29-23-14-31-12-11-17-13-25-28(37-15-36-25)22-8-7-21(27(31)26(17)22)20(23)9-10-24(29)35-2/h3-10,13-14H,11-12,15H2,1-2H3/p+1. The van der Waals surface area contributed by atoms with Crippen molar-refractivity contribution in [1.82, 2.24) is 0 Å². The Morgan fingerprint density at radius 2 is 1.74 bits per heavy atom. The van der Waals surface area contributed by atoms with E-state index in [-0.39, 0.29) is 23.3 Å². The number of pyridine rings is 1. The van der Waals surface area contributed by atoms with Crippen LogP contribution >= 0.6 is 0 Å². The smallest absolute Gasteiger partial charge is 0.339 e. The number of hydrogen-bond acceptors (Lipinski definition) is 7. The van der Waals surface area contributed by atoms with Gasteiger partial charge in [0.1, 0.15) is 4.90 Å². The molecule has 0 saturated carbocycles. The Labute approximate surface area is 223 Å². The molecule has 4 aromatic carbocycles. The van der Waals surface area contributed by atoms with Crippen LogP contribution in [0, 0.1) is 0 Å². The molecule has 10 heteroatoms. The molecule has 39 heavy (non-hydrogen) atoms. The molecule has 196 valence electrons. The number of benzene rings is 4. The number of ether oxygens (including phenoxy) is 3. The fourth-order valence-corrected chi connectivity index (χ4v) is 6.50. The lowest BCUT2D eigenvalue weighted by Crippen LogP contribution is -2.38. The second-order valence-electron chi connectivity index (χ2n) is 9.53. The highest BCUT2D eigenvalue weighted by atomic mass is 32.2. The first-order valence-corrected chi connectivity index (χ1v) is 13.8. The summed E-state index contributed by atoms with van der Waals surface area (Å²) in [5.74, 6) is 1.68. The van der Waals surface area contributed by atoms with E-state index in [0.717, 1.165) is 45.0 Å². The van der Waals surface area contributed by atoms with Crippen LogP contribution < -0.4 is 28.3 Å². The van der Waals surface area contributed by atoms with Crippen molar-refractivity contribution in [3.05, 3.63) is 66.4 Å². The Kier molecular flexibility index (Phi) is 5.11. The molecule has 0 bridgehead atoms.